The van der Waals surface area contributed by atoms with Crippen LogP contribution in [0.25, 0.3) is 0 Å². The Hall–Kier alpha value is -2.36. The van der Waals surface area contributed by atoms with Gasteiger partial charge in [0, 0.05) is 18.8 Å². The van der Waals surface area contributed by atoms with Gasteiger partial charge in [0.05, 0.1) is 12.3 Å². The van der Waals surface area contributed by atoms with E-state index in [1.54, 1.807) is 24.3 Å². The highest BCUT2D eigenvalue weighted by Gasteiger charge is 2.41. The summed E-state index contributed by atoms with van der Waals surface area (Å²) in [4.78, 5) is 12.5. The number of hydrogen-bond acceptors (Lipinski definition) is 5. The summed E-state index contributed by atoms with van der Waals surface area (Å²) < 4.78 is 33.3. The molecular weight excluding hydrogens is 334 g/mol. The molecule has 24 heavy (non-hydrogen) atoms. The summed E-state index contributed by atoms with van der Waals surface area (Å²) in [7, 11) is -2.48. The van der Waals surface area contributed by atoms with Crippen molar-refractivity contribution in [3.05, 3.63) is 48.4 Å². The number of nitrogens with one attached hydrogen (secondary N) is 2. The number of carbonyl (C=O) groups excluding carboxylic acids is 1. The third-order valence-electron chi connectivity index (χ3n) is 3.87. The van der Waals surface area contributed by atoms with Crippen LogP contribution in [0.2, 0.25) is 0 Å². The number of likely N-dealkylation sites (N-methyl/N-ethyl adjacent to an activating group) is 1. The number of rotatable bonds is 3. The fourth-order valence-corrected chi connectivity index (χ4v) is 3.85. The molecular formula is C15H17N3O5S. The number of phenols is 1. The molecule has 9 heteroatoms. The second kappa shape index (κ2) is 6.27. The monoisotopic (exact) mass is 351 g/mol. The Balaban J connectivity index is 1.83. The molecule has 1 aromatic carbocycles. The quantitative estimate of drug-likeness (QED) is 0.769. The van der Waals surface area contributed by atoms with Crippen LogP contribution in [0.15, 0.2) is 47.1 Å². The zero-order valence-electron chi connectivity index (χ0n) is 12.8. The predicted octanol–water partition coefficient (Wildman–Crippen LogP) is 1.20. The normalized spacial score (nSPS) is 23.7. The predicted molar refractivity (Wildman–Crippen MR) is 86.4 cm³/mol. The SMILES string of the molecule is CN1C(C(=O)Nc2cccc(O)c2)CC(c2ccco2)NS1(=O)=O. The highest BCUT2D eigenvalue weighted by atomic mass is 32.2. The number of furan rings is 1. The van der Waals surface area contributed by atoms with E-state index in [4.69, 9.17) is 4.42 Å². The third kappa shape index (κ3) is 3.28. The molecule has 0 radical (unpaired) electrons. The Morgan fingerprint density at radius 3 is 2.83 bits per heavy atom. The molecule has 1 aromatic heterocycles. The maximum absolute atomic E-state index is 12.5. The van der Waals surface area contributed by atoms with Gasteiger partial charge in [0.15, 0.2) is 0 Å². The van der Waals surface area contributed by atoms with Crippen molar-refractivity contribution in [3.63, 3.8) is 0 Å². The summed E-state index contributed by atoms with van der Waals surface area (Å²) in [6.07, 6.45) is 1.66. The molecule has 2 atom stereocenters. The molecule has 1 amide bonds. The minimum atomic E-state index is -3.82. The first-order chi connectivity index (χ1) is 11.4. The van der Waals surface area contributed by atoms with Crippen LogP contribution in [-0.4, -0.2) is 36.8 Å². The summed E-state index contributed by atoms with van der Waals surface area (Å²) in [5.74, 6) is -0.0286. The number of carbonyl (C=O) groups is 1. The Kier molecular flexibility index (Phi) is 4.31. The Morgan fingerprint density at radius 2 is 2.17 bits per heavy atom. The van der Waals surface area contributed by atoms with Crippen molar-refractivity contribution in [1.82, 2.24) is 9.03 Å². The van der Waals surface area contributed by atoms with E-state index in [2.05, 4.69) is 10.0 Å². The van der Waals surface area contributed by atoms with E-state index < -0.39 is 28.2 Å². The summed E-state index contributed by atoms with van der Waals surface area (Å²) in [5, 5.41) is 12.1. The largest absolute Gasteiger partial charge is 0.508 e. The van der Waals surface area contributed by atoms with E-state index in [0.717, 1.165) is 4.31 Å². The van der Waals surface area contributed by atoms with Gasteiger partial charge in [0.2, 0.25) is 5.91 Å². The van der Waals surface area contributed by atoms with Crippen molar-refractivity contribution in [2.24, 2.45) is 0 Å². The first-order valence-corrected chi connectivity index (χ1v) is 8.69. The zero-order valence-corrected chi connectivity index (χ0v) is 13.7. The molecule has 2 heterocycles. The van der Waals surface area contributed by atoms with E-state index in [-0.39, 0.29) is 12.2 Å². The molecule has 3 rings (SSSR count). The van der Waals surface area contributed by atoms with Gasteiger partial charge in [0.25, 0.3) is 10.2 Å². The van der Waals surface area contributed by atoms with Gasteiger partial charge in [-0.05, 0) is 30.7 Å². The lowest BCUT2D eigenvalue weighted by atomic mass is 10.0. The molecule has 1 fully saturated rings. The summed E-state index contributed by atoms with van der Waals surface area (Å²) in [6, 6.07) is 7.83. The van der Waals surface area contributed by atoms with Gasteiger partial charge in [-0.1, -0.05) is 6.07 Å². The van der Waals surface area contributed by atoms with Crippen LogP contribution in [0.3, 0.4) is 0 Å². The number of hydrogen-bond donors (Lipinski definition) is 3. The lowest BCUT2D eigenvalue weighted by Gasteiger charge is -2.35. The lowest BCUT2D eigenvalue weighted by Crippen LogP contribution is -2.55. The van der Waals surface area contributed by atoms with Gasteiger partial charge in [-0.25, -0.2) is 0 Å². The molecule has 1 aliphatic rings. The van der Waals surface area contributed by atoms with Crippen molar-refractivity contribution in [2.75, 3.05) is 12.4 Å². The maximum Gasteiger partial charge on any atom is 0.280 e. The van der Waals surface area contributed by atoms with Crippen molar-refractivity contribution in [2.45, 2.75) is 18.5 Å². The molecule has 128 valence electrons. The van der Waals surface area contributed by atoms with Gasteiger partial charge < -0.3 is 14.8 Å². The minimum Gasteiger partial charge on any atom is -0.508 e. The van der Waals surface area contributed by atoms with Crippen molar-refractivity contribution in [1.29, 1.82) is 0 Å². The van der Waals surface area contributed by atoms with E-state index in [1.165, 1.54) is 25.4 Å². The highest BCUT2D eigenvalue weighted by molar-refractivity contribution is 7.87. The van der Waals surface area contributed by atoms with Crippen LogP contribution in [0.4, 0.5) is 5.69 Å². The summed E-state index contributed by atoms with van der Waals surface area (Å²) in [5.41, 5.74) is 0.388. The summed E-state index contributed by atoms with van der Waals surface area (Å²) in [6.45, 7) is 0. The number of amides is 1. The fourth-order valence-electron chi connectivity index (χ4n) is 2.60. The second-order valence-electron chi connectivity index (χ2n) is 5.50. The smallest absolute Gasteiger partial charge is 0.280 e. The number of phenolic OH excluding ortho intramolecular Hbond substituents is 1. The molecule has 1 aliphatic heterocycles. The van der Waals surface area contributed by atoms with Crippen molar-refractivity contribution >= 4 is 21.8 Å². The standard InChI is InChI=1S/C15H17N3O5S/c1-18-13(15(20)16-10-4-2-5-11(19)8-10)9-12(17-24(18,21)22)14-6-3-7-23-14/h2-8,12-13,17,19H,9H2,1H3,(H,16,20). The summed E-state index contributed by atoms with van der Waals surface area (Å²) >= 11 is 0. The topological polar surface area (TPSA) is 112 Å². The molecule has 0 aliphatic carbocycles. The van der Waals surface area contributed by atoms with E-state index >= 15 is 0 Å². The van der Waals surface area contributed by atoms with E-state index in [1.807, 2.05) is 0 Å². The van der Waals surface area contributed by atoms with Crippen LogP contribution in [0.1, 0.15) is 18.2 Å². The fraction of sp³-hybridized carbons (Fsp3) is 0.267. The molecule has 3 N–H and O–H groups in total. The van der Waals surface area contributed by atoms with Gasteiger partial charge in [-0.3, -0.25) is 4.79 Å². The zero-order chi connectivity index (χ0) is 17.3. The van der Waals surface area contributed by atoms with Gasteiger partial charge in [-0.2, -0.15) is 17.4 Å². The van der Waals surface area contributed by atoms with Crippen LogP contribution >= 0.6 is 0 Å². The van der Waals surface area contributed by atoms with Gasteiger partial charge >= 0.3 is 0 Å². The van der Waals surface area contributed by atoms with E-state index in [0.29, 0.717) is 11.4 Å². The lowest BCUT2D eigenvalue weighted by molar-refractivity contribution is -0.120. The molecule has 2 unspecified atom stereocenters. The van der Waals surface area contributed by atoms with Gasteiger partial charge in [0.1, 0.15) is 17.6 Å². The molecule has 0 bridgehead atoms. The number of nitrogens with zero attached hydrogens (tertiary/aromatic N) is 1. The first-order valence-electron chi connectivity index (χ1n) is 7.25. The highest BCUT2D eigenvalue weighted by Crippen LogP contribution is 2.28. The Morgan fingerprint density at radius 1 is 1.38 bits per heavy atom. The molecule has 1 saturated heterocycles. The number of anilines is 1. The van der Waals surface area contributed by atoms with Crippen LogP contribution in [0.5, 0.6) is 5.75 Å². The molecule has 0 spiro atoms. The molecule has 0 saturated carbocycles. The maximum atomic E-state index is 12.5. The first kappa shape index (κ1) is 16.5. The third-order valence-corrected chi connectivity index (χ3v) is 5.47. The van der Waals surface area contributed by atoms with Gasteiger partial charge in [-0.15, -0.1) is 0 Å². The van der Waals surface area contributed by atoms with Crippen LogP contribution in [-0.2, 0) is 15.0 Å². The second-order valence-corrected chi connectivity index (χ2v) is 7.26. The van der Waals surface area contributed by atoms with E-state index in [9.17, 15) is 18.3 Å². The molecule has 2 aromatic rings. The average molecular weight is 351 g/mol. The number of aromatic hydroxyl groups is 1. The molecule has 8 nitrogen and oxygen atoms in total. The van der Waals surface area contributed by atoms with Crippen LogP contribution in [0, 0.1) is 0 Å². The Labute approximate surface area is 139 Å². The number of benzene rings is 1. The average Bonchev–Trinajstić information content (AvgIpc) is 3.04. The minimum absolute atomic E-state index is 0.00699. The Bertz CT molecular complexity index is 835. The van der Waals surface area contributed by atoms with Crippen molar-refractivity contribution in [3.8, 4) is 5.75 Å². The van der Waals surface area contributed by atoms with Crippen LogP contribution < -0.4 is 10.0 Å². The van der Waals surface area contributed by atoms with Crippen molar-refractivity contribution < 1.29 is 22.7 Å².